The number of nitrogens with one attached hydrogen (secondary N) is 2. The molecular formula is C18H16ClN3O3. The first-order chi connectivity index (χ1) is 12.0. The van der Waals surface area contributed by atoms with E-state index in [1.807, 2.05) is 12.1 Å². The molecule has 6 nitrogen and oxygen atoms in total. The Morgan fingerprint density at radius 3 is 2.68 bits per heavy atom. The van der Waals surface area contributed by atoms with E-state index in [1.54, 1.807) is 19.2 Å². The Morgan fingerprint density at radius 1 is 1.16 bits per heavy atom. The number of carbonyl (C=O) groups excluding carboxylic acids is 1. The first-order valence-electron chi connectivity index (χ1n) is 8.10. The molecule has 4 rings (SSSR count). The van der Waals surface area contributed by atoms with Gasteiger partial charge in [0.15, 0.2) is 5.78 Å². The highest BCUT2D eigenvalue weighted by Gasteiger charge is 2.38. The van der Waals surface area contributed by atoms with E-state index in [1.165, 1.54) is 4.57 Å². The molecule has 128 valence electrons. The van der Waals surface area contributed by atoms with Crippen LogP contribution in [-0.4, -0.2) is 15.3 Å². The minimum atomic E-state index is -0.580. The smallest absolute Gasteiger partial charge is 0.329 e. The van der Waals surface area contributed by atoms with Crippen LogP contribution in [0.15, 0.2) is 45.1 Å². The standard InChI is InChI=1S/C18H16ClN3O3/c1-22-16-15(17(24)21-18(22)25)13(9-5-2-3-6-10(9)19)14-11(20-16)7-4-8-12(14)23/h2-3,5-6,13,20H,4,7-8H2,1H3,(H,21,24,25)/t13-/m0/s1. The van der Waals surface area contributed by atoms with E-state index in [0.717, 1.165) is 12.1 Å². The van der Waals surface area contributed by atoms with Crippen LogP contribution >= 0.6 is 11.6 Å². The lowest BCUT2D eigenvalue weighted by Crippen LogP contribution is -2.39. The normalized spacial score (nSPS) is 19.3. The third-order valence-corrected chi connectivity index (χ3v) is 5.22. The van der Waals surface area contributed by atoms with Crippen LogP contribution in [0.3, 0.4) is 0 Å². The largest absolute Gasteiger partial charge is 0.344 e. The van der Waals surface area contributed by atoms with Crippen LogP contribution < -0.4 is 16.6 Å². The molecule has 0 spiro atoms. The molecule has 25 heavy (non-hydrogen) atoms. The van der Waals surface area contributed by atoms with Gasteiger partial charge in [-0.2, -0.15) is 0 Å². The van der Waals surface area contributed by atoms with E-state index in [9.17, 15) is 14.4 Å². The molecule has 2 heterocycles. The van der Waals surface area contributed by atoms with Crippen LogP contribution in [0.25, 0.3) is 0 Å². The Hall–Kier alpha value is -2.60. The van der Waals surface area contributed by atoms with Crippen LogP contribution in [0.2, 0.25) is 5.02 Å². The first-order valence-corrected chi connectivity index (χ1v) is 8.47. The summed E-state index contributed by atoms with van der Waals surface area (Å²) >= 11 is 6.39. The fraction of sp³-hybridized carbons (Fsp3) is 0.278. The quantitative estimate of drug-likeness (QED) is 0.820. The fourth-order valence-corrected chi connectivity index (χ4v) is 3.94. The summed E-state index contributed by atoms with van der Waals surface area (Å²) in [5.74, 6) is -0.145. The number of allylic oxidation sites excluding steroid dienone is 2. The third kappa shape index (κ3) is 2.36. The van der Waals surface area contributed by atoms with Crippen molar-refractivity contribution in [1.29, 1.82) is 0 Å². The van der Waals surface area contributed by atoms with E-state index in [2.05, 4.69) is 10.3 Å². The van der Waals surface area contributed by atoms with Crippen LogP contribution in [0.4, 0.5) is 5.82 Å². The molecule has 1 aliphatic carbocycles. The van der Waals surface area contributed by atoms with Crippen molar-refractivity contribution in [2.45, 2.75) is 25.2 Å². The summed E-state index contributed by atoms with van der Waals surface area (Å²) in [5, 5.41) is 3.64. The van der Waals surface area contributed by atoms with Gasteiger partial charge in [-0.25, -0.2) is 4.79 Å². The van der Waals surface area contributed by atoms with E-state index >= 15 is 0 Å². The number of hydrogen-bond acceptors (Lipinski definition) is 4. The van der Waals surface area contributed by atoms with E-state index < -0.39 is 17.2 Å². The number of Topliss-reactive ketones (excluding diaryl/α,β-unsaturated/α-hetero) is 1. The lowest BCUT2D eigenvalue weighted by atomic mass is 9.76. The van der Waals surface area contributed by atoms with Gasteiger partial charge in [0.2, 0.25) is 0 Å². The van der Waals surface area contributed by atoms with Gasteiger partial charge in [0.05, 0.1) is 5.56 Å². The molecule has 1 atom stereocenters. The van der Waals surface area contributed by atoms with Gasteiger partial charge in [-0.05, 0) is 24.5 Å². The maximum Gasteiger partial charge on any atom is 0.329 e. The van der Waals surface area contributed by atoms with E-state index in [4.69, 9.17) is 11.6 Å². The molecule has 0 radical (unpaired) electrons. The van der Waals surface area contributed by atoms with Crippen LogP contribution in [-0.2, 0) is 11.8 Å². The Kier molecular flexibility index (Phi) is 3.65. The number of hydrogen-bond donors (Lipinski definition) is 2. The molecule has 0 saturated carbocycles. The second-order valence-corrected chi connectivity index (χ2v) is 6.74. The second kappa shape index (κ2) is 5.74. The zero-order chi connectivity index (χ0) is 17.7. The summed E-state index contributed by atoms with van der Waals surface area (Å²) in [6.45, 7) is 0. The number of aromatic nitrogens is 2. The Morgan fingerprint density at radius 2 is 1.92 bits per heavy atom. The highest BCUT2D eigenvalue weighted by molar-refractivity contribution is 6.31. The van der Waals surface area contributed by atoms with Crippen molar-refractivity contribution in [3.63, 3.8) is 0 Å². The summed E-state index contributed by atoms with van der Waals surface area (Å²) in [6, 6.07) is 7.19. The highest BCUT2D eigenvalue weighted by atomic mass is 35.5. The third-order valence-electron chi connectivity index (χ3n) is 4.88. The number of rotatable bonds is 1. The molecule has 0 bridgehead atoms. The van der Waals surface area contributed by atoms with E-state index in [-0.39, 0.29) is 5.78 Å². The molecule has 0 saturated heterocycles. The number of benzene rings is 1. The van der Waals surface area contributed by atoms with Crippen molar-refractivity contribution in [1.82, 2.24) is 9.55 Å². The van der Waals surface area contributed by atoms with Crippen LogP contribution in [0.5, 0.6) is 0 Å². The summed E-state index contributed by atoms with van der Waals surface area (Å²) in [7, 11) is 1.59. The van der Waals surface area contributed by atoms with Gasteiger partial charge >= 0.3 is 5.69 Å². The SMILES string of the molecule is Cn1c2c(c(=O)[nH]c1=O)[C@@H](c1ccccc1Cl)C1=C(CCCC1=O)N2. The molecule has 2 aliphatic rings. The summed E-state index contributed by atoms with van der Waals surface area (Å²) < 4.78 is 1.36. The van der Waals surface area contributed by atoms with Crippen molar-refractivity contribution >= 4 is 23.2 Å². The zero-order valence-corrected chi connectivity index (χ0v) is 14.3. The van der Waals surface area contributed by atoms with Gasteiger partial charge in [0.1, 0.15) is 5.82 Å². The van der Waals surface area contributed by atoms with Gasteiger partial charge in [0.25, 0.3) is 5.56 Å². The Labute approximate surface area is 148 Å². The maximum atomic E-state index is 12.7. The van der Waals surface area contributed by atoms with Gasteiger partial charge in [-0.1, -0.05) is 29.8 Å². The van der Waals surface area contributed by atoms with E-state index in [0.29, 0.717) is 40.4 Å². The van der Waals surface area contributed by atoms with Crippen molar-refractivity contribution < 1.29 is 4.79 Å². The monoisotopic (exact) mass is 357 g/mol. The zero-order valence-electron chi connectivity index (χ0n) is 13.6. The number of H-pyrrole nitrogens is 1. The second-order valence-electron chi connectivity index (χ2n) is 6.33. The molecule has 1 aliphatic heterocycles. The molecule has 0 fully saturated rings. The number of fused-ring (bicyclic) bond motifs is 1. The fourth-order valence-electron chi connectivity index (χ4n) is 3.69. The number of anilines is 1. The highest BCUT2D eigenvalue weighted by Crippen LogP contribution is 2.44. The minimum Gasteiger partial charge on any atom is -0.344 e. The molecule has 0 unspecified atom stereocenters. The van der Waals surface area contributed by atoms with Crippen LogP contribution in [0.1, 0.15) is 36.3 Å². The summed E-state index contributed by atoms with van der Waals surface area (Å²) in [4.78, 5) is 39.6. The number of ketones is 1. The molecule has 1 aromatic heterocycles. The van der Waals surface area contributed by atoms with Gasteiger partial charge < -0.3 is 5.32 Å². The average Bonchev–Trinajstić information content (AvgIpc) is 2.59. The number of aromatic amines is 1. The Balaban J connectivity index is 2.09. The lowest BCUT2D eigenvalue weighted by Gasteiger charge is -2.34. The molecule has 2 N–H and O–H groups in total. The number of nitrogens with zero attached hydrogens (tertiary/aromatic N) is 1. The van der Waals surface area contributed by atoms with Gasteiger partial charge in [-0.15, -0.1) is 0 Å². The van der Waals surface area contributed by atoms with Gasteiger partial charge in [-0.3, -0.25) is 19.1 Å². The molecule has 2 aromatic rings. The molecule has 0 amide bonds. The van der Waals surface area contributed by atoms with Crippen molar-refractivity contribution in [3.05, 3.63) is 72.5 Å². The number of carbonyl (C=O) groups is 1. The minimum absolute atomic E-state index is 0.0116. The first kappa shape index (κ1) is 15.9. The van der Waals surface area contributed by atoms with Crippen molar-refractivity contribution in [2.75, 3.05) is 5.32 Å². The maximum absolute atomic E-state index is 12.7. The molecular weight excluding hydrogens is 342 g/mol. The predicted octanol–water partition coefficient (Wildman–Crippen LogP) is 2.29. The summed E-state index contributed by atoms with van der Waals surface area (Å²) in [6.07, 6.45) is 1.88. The Bertz CT molecular complexity index is 1050. The molecule has 7 heteroatoms. The summed E-state index contributed by atoms with van der Waals surface area (Å²) in [5.41, 5.74) is 1.40. The topological polar surface area (TPSA) is 84.0 Å². The van der Waals surface area contributed by atoms with Crippen molar-refractivity contribution in [2.24, 2.45) is 7.05 Å². The number of halogens is 1. The average molecular weight is 358 g/mol. The van der Waals surface area contributed by atoms with Gasteiger partial charge in [0, 0.05) is 35.7 Å². The lowest BCUT2D eigenvalue weighted by molar-refractivity contribution is -0.116. The van der Waals surface area contributed by atoms with Crippen LogP contribution in [0, 0.1) is 0 Å². The van der Waals surface area contributed by atoms with Crippen molar-refractivity contribution in [3.8, 4) is 0 Å². The predicted molar refractivity (Wildman–Crippen MR) is 95.1 cm³/mol. The molecule has 1 aromatic carbocycles.